The Morgan fingerprint density at radius 2 is 1.96 bits per heavy atom. The highest BCUT2D eigenvalue weighted by molar-refractivity contribution is 6.41. The molecule has 0 unspecified atom stereocenters. The first-order valence-corrected chi connectivity index (χ1v) is 8.06. The number of nitrogens with one attached hydrogen (secondary N) is 1. The summed E-state index contributed by atoms with van der Waals surface area (Å²) < 4.78 is 0.971. The normalized spacial score (nSPS) is 10.6. The quantitative estimate of drug-likeness (QED) is 0.863. The van der Waals surface area contributed by atoms with E-state index in [1.165, 1.54) is 11.8 Å². The molecule has 0 bridgehead atoms. The molecule has 0 aliphatic heterocycles. The fraction of sp³-hybridized carbons (Fsp3) is 0.312. The minimum Gasteiger partial charge on any atom is -0.324 e. The summed E-state index contributed by atoms with van der Waals surface area (Å²) in [5.41, 5.74) is 1.31. The highest BCUT2D eigenvalue weighted by Gasteiger charge is 2.11. The van der Waals surface area contributed by atoms with E-state index in [-0.39, 0.29) is 22.5 Å². The monoisotopic (exact) mass is 353 g/mol. The summed E-state index contributed by atoms with van der Waals surface area (Å²) in [5.74, 6) is -0.362. The lowest BCUT2D eigenvalue weighted by Gasteiger charge is -2.08. The Bertz CT molecular complexity index is 742. The number of amides is 1. The zero-order chi connectivity index (χ0) is 16.8. The molecule has 1 amide bonds. The van der Waals surface area contributed by atoms with E-state index in [9.17, 15) is 9.59 Å². The van der Waals surface area contributed by atoms with Crippen molar-refractivity contribution in [2.45, 2.75) is 32.7 Å². The van der Waals surface area contributed by atoms with E-state index in [4.69, 9.17) is 23.2 Å². The molecule has 1 aromatic heterocycles. The van der Waals surface area contributed by atoms with E-state index in [1.54, 1.807) is 0 Å². The molecular weight excluding hydrogens is 337 g/mol. The van der Waals surface area contributed by atoms with Gasteiger partial charge in [-0.05, 0) is 30.5 Å². The number of rotatable bonds is 6. The molecule has 7 heteroatoms. The van der Waals surface area contributed by atoms with Crippen molar-refractivity contribution in [3.8, 4) is 0 Å². The third kappa shape index (κ3) is 4.81. The molecule has 0 saturated carbocycles. The van der Waals surface area contributed by atoms with E-state index in [0.29, 0.717) is 5.69 Å². The number of halogens is 2. The van der Waals surface area contributed by atoms with Gasteiger partial charge in [0.15, 0.2) is 0 Å². The second-order valence-corrected chi connectivity index (χ2v) is 5.90. The first-order chi connectivity index (χ1) is 11.0. The molecule has 0 atom stereocenters. The van der Waals surface area contributed by atoms with Crippen molar-refractivity contribution in [3.05, 3.63) is 56.4 Å². The lowest BCUT2D eigenvalue weighted by Crippen LogP contribution is -2.29. The van der Waals surface area contributed by atoms with Crippen LogP contribution in [0.25, 0.3) is 0 Å². The second-order valence-electron chi connectivity index (χ2n) is 5.12. The standard InChI is InChI=1S/C16H17Cl2N3O2/c1-2-3-4-11-5-7-12(8-6-11)20-14(22)10-21-16(23)15(18)13(17)9-19-21/h5-9H,2-4,10H2,1H3,(H,20,22). The number of hydrogen-bond donors (Lipinski definition) is 1. The zero-order valence-electron chi connectivity index (χ0n) is 12.7. The smallest absolute Gasteiger partial charge is 0.287 e. The van der Waals surface area contributed by atoms with Crippen molar-refractivity contribution in [1.29, 1.82) is 0 Å². The van der Waals surface area contributed by atoms with E-state index >= 15 is 0 Å². The van der Waals surface area contributed by atoms with Crippen LogP contribution in [0.4, 0.5) is 5.69 Å². The van der Waals surface area contributed by atoms with Crippen LogP contribution in [-0.4, -0.2) is 15.7 Å². The number of aromatic nitrogens is 2. The summed E-state index contributed by atoms with van der Waals surface area (Å²) in [5, 5.41) is 6.44. The Morgan fingerprint density at radius 1 is 1.26 bits per heavy atom. The maximum atomic E-state index is 12.0. The van der Waals surface area contributed by atoms with E-state index < -0.39 is 5.56 Å². The van der Waals surface area contributed by atoms with Crippen LogP contribution in [0.5, 0.6) is 0 Å². The Kier molecular flexibility index (Phi) is 6.19. The number of carbonyl (C=O) groups excluding carboxylic acids is 1. The number of nitrogens with zero attached hydrogens (tertiary/aromatic N) is 2. The highest BCUT2D eigenvalue weighted by atomic mass is 35.5. The van der Waals surface area contributed by atoms with Crippen molar-refractivity contribution in [1.82, 2.24) is 9.78 Å². The number of anilines is 1. The molecule has 1 aromatic carbocycles. The SMILES string of the molecule is CCCCc1ccc(NC(=O)Cn2ncc(Cl)c(Cl)c2=O)cc1. The third-order valence-corrected chi connectivity index (χ3v) is 4.04. The van der Waals surface area contributed by atoms with Crippen LogP contribution < -0.4 is 10.9 Å². The summed E-state index contributed by atoms with van der Waals surface area (Å²) in [6, 6.07) is 7.64. The van der Waals surface area contributed by atoms with Gasteiger partial charge in [-0.1, -0.05) is 48.7 Å². The van der Waals surface area contributed by atoms with Crippen LogP contribution in [0.15, 0.2) is 35.3 Å². The van der Waals surface area contributed by atoms with Gasteiger partial charge in [0.25, 0.3) is 5.56 Å². The maximum Gasteiger partial charge on any atom is 0.287 e. The molecule has 5 nitrogen and oxygen atoms in total. The lowest BCUT2D eigenvalue weighted by molar-refractivity contribution is -0.117. The van der Waals surface area contributed by atoms with Crippen LogP contribution >= 0.6 is 23.2 Å². The third-order valence-electron chi connectivity index (χ3n) is 3.29. The molecule has 1 heterocycles. The molecular formula is C16H17Cl2N3O2. The molecule has 23 heavy (non-hydrogen) atoms. The van der Waals surface area contributed by atoms with Gasteiger partial charge in [-0.15, -0.1) is 0 Å². The summed E-state index contributed by atoms with van der Waals surface area (Å²) >= 11 is 11.4. The molecule has 1 N–H and O–H groups in total. The molecule has 0 spiro atoms. The molecule has 0 fully saturated rings. The van der Waals surface area contributed by atoms with Gasteiger partial charge in [-0.2, -0.15) is 5.10 Å². The first-order valence-electron chi connectivity index (χ1n) is 7.31. The predicted octanol–water partition coefficient (Wildman–Crippen LogP) is 3.53. The van der Waals surface area contributed by atoms with Crippen molar-refractivity contribution in [2.24, 2.45) is 0 Å². The summed E-state index contributed by atoms with van der Waals surface area (Å²) in [6.45, 7) is 1.92. The minimum atomic E-state index is -0.593. The van der Waals surface area contributed by atoms with Crippen LogP contribution in [0.2, 0.25) is 10.0 Å². The van der Waals surface area contributed by atoms with Gasteiger partial charge in [-0.25, -0.2) is 4.68 Å². The van der Waals surface area contributed by atoms with Crippen LogP contribution in [0.1, 0.15) is 25.3 Å². The van der Waals surface area contributed by atoms with E-state index in [1.807, 2.05) is 24.3 Å². The molecule has 0 saturated heterocycles. The summed E-state index contributed by atoms with van der Waals surface area (Å²) in [7, 11) is 0. The molecule has 2 aromatic rings. The van der Waals surface area contributed by atoms with Gasteiger partial charge < -0.3 is 5.32 Å². The summed E-state index contributed by atoms with van der Waals surface area (Å²) in [4.78, 5) is 23.8. The Balaban J connectivity index is 2.00. The Labute approximate surface area is 144 Å². The maximum absolute atomic E-state index is 12.0. The van der Waals surface area contributed by atoms with Gasteiger partial charge in [0, 0.05) is 5.69 Å². The first kappa shape index (κ1) is 17.5. The largest absolute Gasteiger partial charge is 0.324 e. The molecule has 122 valence electrons. The number of benzene rings is 1. The number of unbranched alkanes of at least 4 members (excludes halogenated alkanes) is 1. The average molecular weight is 354 g/mol. The highest BCUT2D eigenvalue weighted by Crippen LogP contribution is 2.15. The van der Waals surface area contributed by atoms with Crippen molar-refractivity contribution < 1.29 is 4.79 Å². The Morgan fingerprint density at radius 3 is 2.61 bits per heavy atom. The number of aryl methyl sites for hydroxylation is 1. The van der Waals surface area contributed by atoms with Crippen molar-refractivity contribution >= 4 is 34.8 Å². The second kappa shape index (κ2) is 8.13. The van der Waals surface area contributed by atoms with Crippen molar-refractivity contribution in [3.63, 3.8) is 0 Å². The van der Waals surface area contributed by atoms with Gasteiger partial charge in [0.1, 0.15) is 11.6 Å². The molecule has 2 rings (SSSR count). The molecule has 0 aliphatic carbocycles. The Hall–Kier alpha value is -1.85. The van der Waals surface area contributed by atoms with Gasteiger partial charge >= 0.3 is 0 Å². The van der Waals surface area contributed by atoms with Gasteiger partial charge in [0.2, 0.25) is 5.91 Å². The molecule has 0 radical (unpaired) electrons. The van der Waals surface area contributed by atoms with Crippen LogP contribution in [0.3, 0.4) is 0 Å². The molecule has 0 aliphatic rings. The van der Waals surface area contributed by atoms with Crippen molar-refractivity contribution in [2.75, 3.05) is 5.32 Å². The fourth-order valence-electron chi connectivity index (χ4n) is 2.03. The minimum absolute atomic E-state index is 0.0657. The zero-order valence-corrected chi connectivity index (χ0v) is 14.2. The van der Waals surface area contributed by atoms with E-state index in [0.717, 1.165) is 23.9 Å². The van der Waals surface area contributed by atoms with E-state index in [2.05, 4.69) is 17.3 Å². The summed E-state index contributed by atoms with van der Waals surface area (Å²) in [6.07, 6.45) is 4.54. The number of carbonyl (C=O) groups is 1. The number of hydrogen-bond acceptors (Lipinski definition) is 3. The van der Waals surface area contributed by atoms with Crippen LogP contribution in [-0.2, 0) is 17.8 Å². The van der Waals surface area contributed by atoms with Crippen LogP contribution in [0, 0.1) is 0 Å². The topological polar surface area (TPSA) is 64.0 Å². The average Bonchev–Trinajstić information content (AvgIpc) is 2.55. The lowest BCUT2D eigenvalue weighted by atomic mass is 10.1. The van der Waals surface area contributed by atoms with Gasteiger partial charge in [0.05, 0.1) is 11.2 Å². The predicted molar refractivity (Wildman–Crippen MR) is 92.2 cm³/mol. The van der Waals surface area contributed by atoms with Gasteiger partial charge in [-0.3, -0.25) is 9.59 Å². The fourth-order valence-corrected chi connectivity index (χ4v) is 2.30.